The summed E-state index contributed by atoms with van der Waals surface area (Å²) < 4.78 is 0. The Kier molecular flexibility index (Phi) is 4.46. The van der Waals surface area contributed by atoms with E-state index in [-0.39, 0.29) is 12.2 Å². The molecule has 1 N–H and O–H groups in total. The fraction of sp³-hybridized carbons (Fsp3) is 0.133. The number of Topliss-reactive ketones (excluding diaryl/α,β-unsaturated/α-hetero) is 1. The van der Waals surface area contributed by atoms with Crippen LogP contribution in [0.1, 0.15) is 15.9 Å². The first kappa shape index (κ1) is 13.9. The topological polar surface area (TPSA) is 29.1 Å². The quantitative estimate of drug-likeness (QED) is 0.843. The Hall–Kier alpha value is -1.51. The number of halogens is 2. The maximum absolute atomic E-state index is 12.3. The molecule has 0 saturated carbocycles. The van der Waals surface area contributed by atoms with Gasteiger partial charge < -0.3 is 5.32 Å². The summed E-state index contributed by atoms with van der Waals surface area (Å²) in [5.41, 5.74) is 2.26. The number of carbonyl (C=O) groups excluding carboxylic acids is 1. The number of ketones is 1. The highest BCUT2D eigenvalue weighted by molar-refractivity contribution is 6.35. The largest absolute Gasteiger partial charge is 0.388 e. The third-order valence-corrected chi connectivity index (χ3v) is 3.45. The number of anilines is 1. The first-order valence-corrected chi connectivity index (χ1v) is 6.61. The molecule has 2 aromatic carbocycles. The molecular formula is C15H13Cl2NO. The maximum Gasteiger partial charge on any atom is 0.169 e. The minimum atomic E-state index is 0.0224. The number of benzene rings is 2. The average Bonchev–Trinajstić information content (AvgIpc) is 2.41. The molecule has 0 unspecified atom stereocenters. The molecule has 98 valence electrons. The summed E-state index contributed by atoms with van der Waals surface area (Å²) in [5.74, 6) is 0.0224. The van der Waals surface area contributed by atoms with E-state index in [2.05, 4.69) is 5.32 Å². The molecule has 4 heteroatoms. The van der Waals surface area contributed by atoms with Gasteiger partial charge in [-0.3, -0.25) is 4.79 Å². The number of nitrogens with one attached hydrogen (secondary N) is 1. The van der Waals surface area contributed by atoms with Crippen LogP contribution in [0.4, 0.5) is 5.69 Å². The van der Waals surface area contributed by atoms with E-state index in [4.69, 9.17) is 23.2 Å². The predicted molar refractivity (Wildman–Crippen MR) is 80.5 cm³/mol. The van der Waals surface area contributed by atoms with Crippen molar-refractivity contribution in [3.8, 4) is 0 Å². The highest BCUT2D eigenvalue weighted by atomic mass is 35.5. The standard InChI is InChI=1S/C15H13Cl2NO/c1-18-14-5-3-2-4-12(14)15(19)8-10-6-7-11(16)9-13(10)17/h2-7,9,18H,8H2,1H3. The van der Waals surface area contributed by atoms with E-state index in [9.17, 15) is 4.79 Å². The van der Waals surface area contributed by atoms with E-state index in [1.807, 2.05) is 18.2 Å². The Morgan fingerprint density at radius 3 is 2.58 bits per heavy atom. The van der Waals surface area contributed by atoms with Crippen LogP contribution in [0, 0.1) is 0 Å². The number of hydrogen-bond acceptors (Lipinski definition) is 2. The second-order valence-corrected chi connectivity index (χ2v) is 4.97. The number of hydrogen-bond donors (Lipinski definition) is 1. The Morgan fingerprint density at radius 2 is 1.89 bits per heavy atom. The molecule has 2 nitrogen and oxygen atoms in total. The summed E-state index contributed by atoms with van der Waals surface area (Å²) in [7, 11) is 1.79. The van der Waals surface area contributed by atoms with Crippen LogP contribution in [-0.4, -0.2) is 12.8 Å². The van der Waals surface area contributed by atoms with E-state index in [1.54, 1.807) is 31.3 Å². The van der Waals surface area contributed by atoms with Crippen LogP contribution in [0.5, 0.6) is 0 Å². The Labute approximate surface area is 122 Å². The van der Waals surface area contributed by atoms with Crippen LogP contribution in [0.3, 0.4) is 0 Å². The van der Waals surface area contributed by atoms with Gasteiger partial charge in [-0.15, -0.1) is 0 Å². The molecule has 0 fully saturated rings. The Bertz CT molecular complexity index is 611. The van der Waals surface area contributed by atoms with Crippen molar-refractivity contribution in [2.75, 3.05) is 12.4 Å². The SMILES string of the molecule is CNc1ccccc1C(=O)Cc1ccc(Cl)cc1Cl. The maximum atomic E-state index is 12.3. The van der Waals surface area contributed by atoms with Crippen molar-refractivity contribution >= 4 is 34.7 Å². The summed E-state index contributed by atoms with van der Waals surface area (Å²) in [6.45, 7) is 0. The van der Waals surface area contributed by atoms with E-state index in [1.165, 1.54) is 0 Å². The van der Waals surface area contributed by atoms with Gasteiger partial charge in [0.1, 0.15) is 0 Å². The van der Waals surface area contributed by atoms with E-state index < -0.39 is 0 Å². The highest BCUT2D eigenvalue weighted by Crippen LogP contribution is 2.24. The lowest BCUT2D eigenvalue weighted by Gasteiger charge is -2.09. The molecule has 19 heavy (non-hydrogen) atoms. The lowest BCUT2D eigenvalue weighted by molar-refractivity contribution is 0.0994. The third kappa shape index (κ3) is 3.28. The second-order valence-electron chi connectivity index (χ2n) is 4.13. The van der Waals surface area contributed by atoms with Crippen molar-refractivity contribution in [3.63, 3.8) is 0 Å². The van der Waals surface area contributed by atoms with Crippen molar-refractivity contribution in [1.82, 2.24) is 0 Å². The minimum Gasteiger partial charge on any atom is -0.388 e. The molecule has 0 radical (unpaired) electrons. The Morgan fingerprint density at radius 1 is 1.16 bits per heavy atom. The molecule has 0 bridgehead atoms. The van der Waals surface area contributed by atoms with Gasteiger partial charge >= 0.3 is 0 Å². The third-order valence-electron chi connectivity index (χ3n) is 2.86. The fourth-order valence-corrected chi connectivity index (χ4v) is 2.35. The zero-order valence-corrected chi connectivity index (χ0v) is 11.9. The summed E-state index contributed by atoms with van der Waals surface area (Å²) in [4.78, 5) is 12.3. The van der Waals surface area contributed by atoms with Crippen LogP contribution in [-0.2, 0) is 6.42 Å². The summed E-state index contributed by atoms with van der Waals surface area (Å²) in [6.07, 6.45) is 0.259. The molecular weight excluding hydrogens is 281 g/mol. The van der Waals surface area contributed by atoms with Crippen molar-refractivity contribution in [1.29, 1.82) is 0 Å². The van der Waals surface area contributed by atoms with E-state index in [0.717, 1.165) is 11.3 Å². The summed E-state index contributed by atoms with van der Waals surface area (Å²) in [5, 5.41) is 4.09. The van der Waals surface area contributed by atoms with Crippen LogP contribution in [0.25, 0.3) is 0 Å². The fourth-order valence-electron chi connectivity index (χ4n) is 1.88. The van der Waals surface area contributed by atoms with Gasteiger partial charge in [-0.2, -0.15) is 0 Å². The van der Waals surface area contributed by atoms with Crippen LogP contribution >= 0.6 is 23.2 Å². The van der Waals surface area contributed by atoms with Gasteiger partial charge in [0, 0.05) is 34.8 Å². The molecule has 2 rings (SSSR count). The zero-order chi connectivity index (χ0) is 13.8. The van der Waals surface area contributed by atoms with Crippen LogP contribution in [0.15, 0.2) is 42.5 Å². The lowest BCUT2D eigenvalue weighted by Crippen LogP contribution is -2.07. The molecule has 0 aliphatic heterocycles. The summed E-state index contributed by atoms with van der Waals surface area (Å²) >= 11 is 11.9. The van der Waals surface area contributed by atoms with Gasteiger partial charge in [-0.05, 0) is 29.8 Å². The average molecular weight is 294 g/mol. The monoisotopic (exact) mass is 293 g/mol. The number of carbonyl (C=O) groups is 1. The van der Waals surface area contributed by atoms with Gasteiger partial charge in [0.2, 0.25) is 0 Å². The normalized spacial score (nSPS) is 10.3. The molecule has 0 heterocycles. The number of rotatable bonds is 4. The predicted octanol–water partition coefficient (Wildman–Crippen LogP) is 4.46. The molecule has 0 atom stereocenters. The first-order chi connectivity index (χ1) is 9.11. The molecule has 0 amide bonds. The molecule has 0 aliphatic rings. The highest BCUT2D eigenvalue weighted by Gasteiger charge is 2.12. The minimum absolute atomic E-state index is 0.0224. The van der Waals surface area contributed by atoms with Crippen molar-refractivity contribution in [3.05, 3.63) is 63.6 Å². The van der Waals surface area contributed by atoms with Crippen LogP contribution in [0.2, 0.25) is 10.0 Å². The van der Waals surface area contributed by atoms with Crippen molar-refractivity contribution in [2.24, 2.45) is 0 Å². The van der Waals surface area contributed by atoms with Crippen LogP contribution < -0.4 is 5.32 Å². The zero-order valence-electron chi connectivity index (χ0n) is 10.4. The lowest BCUT2D eigenvalue weighted by atomic mass is 10.0. The van der Waals surface area contributed by atoms with E-state index >= 15 is 0 Å². The Balaban J connectivity index is 2.26. The number of para-hydroxylation sites is 1. The van der Waals surface area contributed by atoms with Gasteiger partial charge in [0.25, 0.3) is 0 Å². The molecule has 0 aliphatic carbocycles. The smallest absolute Gasteiger partial charge is 0.169 e. The summed E-state index contributed by atoms with van der Waals surface area (Å²) in [6, 6.07) is 12.6. The molecule has 2 aromatic rings. The molecule has 0 saturated heterocycles. The molecule has 0 aromatic heterocycles. The van der Waals surface area contributed by atoms with Gasteiger partial charge in [0.15, 0.2) is 5.78 Å². The molecule has 0 spiro atoms. The van der Waals surface area contributed by atoms with Crippen molar-refractivity contribution in [2.45, 2.75) is 6.42 Å². The van der Waals surface area contributed by atoms with E-state index in [0.29, 0.717) is 15.6 Å². The first-order valence-electron chi connectivity index (χ1n) is 5.85. The van der Waals surface area contributed by atoms with Gasteiger partial charge in [-0.25, -0.2) is 0 Å². The second kappa shape index (κ2) is 6.09. The van der Waals surface area contributed by atoms with Gasteiger partial charge in [0.05, 0.1) is 0 Å². The van der Waals surface area contributed by atoms with Gasteiger partial charge in [-0.1, -0.05) is 41.4 Å². The van der Waals surface area contributed by atoms with Crippen molar-refractivity contribution < 1.29 is 4.79 Å².